The van der Waals surface area contributed by atoms with Crippen molar-refractivity contribution in [2.75, 3.05) is 19.1 Å². The Morgan fingerprint density at radius 3 is 2.62 bits per heavy atom. The first-order valence-electron chi connectivity index (χ1n) is 6.81. The highest BCUT2D eigenvalue weighted by Crippen LogP contribution is 2.20. The van der Waals surface area contributed by atoms with Gasteiger partial charge in [0, 0.05) is 18.8 Å². The fraction of sp³-hybridized carbons (Fsp3) is 0.467. The van der Waals surface area contributed by atoms with Gasteiger partial charge in [0.1, 0.15) is 11.8 Å². The van der Waals surface area contributed by atoms with Crippen molar-refractivity contribution in [3.8, 4) is 5.75 Å². The van der Waals surface area contributed by atoms with Gasteiger partial charge >= 0.3 is 12.0 Å². The number of benzene rings is 1. The molecule has 0 aliphatic carbocycles. The number of ether oxygens (including phenoxy) is 1. The molecule has 2 amide bonds. The van der Waals surface area contributed by atoms with Gasteiger partial charge in [-0.3, -0.25) is 4.90 Å². The Kier molecular flexibility index (Phi) is 6.02. The van der Waals surface area contributed by atoms with Crippen molar-refractivity contribution in [1.82, 2.24) is 5.32 Å². The molecule has 0 aliphatic rings. The molecule has 6 nitrogen and oxygen atoms in total. The van der Waals surface area contributed by atoms with Crippen LogP contribution in [-0.4, -0.2) is 37.3 Å². The van der Waals surface area contributed by atoms with Crippen LogP contribution >= 0.6 is 0 Å². The number of rotatable bonds is 6. The largest absolute Gasteiger partial charge is 0.497 e. The Morgan fingerprint density at radius 1 is 1.43 bits per heavy atom. The first kappa shape index (κ1) is 16.8. The van der Waals surface area contributed by atoms with Crippen LogP contribution in [0.4, 0.5) is 10.5 Å². The molecule has 0 spiro atoms. The fourth-order valence-electron chi connectivity index (χ4n) is 1.85. The molecule has 1 rings (SSSR count). The second-order valence-electron chi connectivity index (χ2n) is 4.91. The molecular weight excluding hydrogens is 272 g/mol. The lowest BCUT2D eigenvalue weighted by atomic mass is 9.99. The summed E-state index contributed by atoms with van der Waals surface area (Å²) in [7, 11) is 3.13. The van der Waals surface area contributed by atoms with Gasteiger partial charge in [0.05, 0.1) is 7.11 Å². The average molecular weight is 294 g/mol. The monoisotopic (exact) mass is 294 g/mol. The summed E-state index contributed by atoms with van der Waals surface area (Å²) in [6, 6.07) is 5.63. The molecule has 0 saturated carbocycles. The smallest absolute Gasteiger partial charge is 0.326 e. The number of carboxylic acid groups (broad SMARTS) is 1. The van der Waals surface area contributed by atoms with E-state index in [9.17, 15) is 14.7 Å². The molecule has 6 heteroatoms. The average Bonchev–Trinajstić information content (AvgIpc) is 2.50. The van der Waals surface area contributed by atoms with Gasteiger partial charge in [-0.15, -0.1) is 0 Å². The molecule has 0 fully saturated rings. The predicted octanol–water partition coefficient (Wildman–Crippen LogP) is 2.34. The minimum Gasteiger partial charge on any atom is -0.497 e. The topological polar surface area (TPSA) is 78.9 Å². The van der Waals surface area contributed by atoms with Crippen molar-refractivity contribution in [2.45, 2.75) is 26.3 Å². The SMILES string of the molecule is CCC(C)C(NC(=O)N(C)c1cccc(OC)c1)C(=O)O. The van der Waals surface area contributed by atoms with Gasteiger partial charge in [0.2, 0.25) is 0 Å². The Balaban J connectivity index is 2.83. The van der Waals surface area contributed by atoms with E-state index in [1.165, 1.54) is 4.90 Å². The molecule has 21 heavy (non-hydrogen) atoms. The third-order valence-corrected chi connectivity index (χ3v) is 3.50. The Morgan fingerprint density at radius 2 is 2.10 bits per heavy atom. The maximum Gasteiger partial charge on any atom is 0.326 e. The van der Waals surface area contributed by atoms with E-state index in [0.717, 1.165) is 0 Å². The molecule has 0 radical (unpaired) electrons. The van der Waals surface area contributed by atoms with Crippen LogP contribution in [0.2, 0.25) is 0 Å². The molecule has 0 aliphatic heterocycles. The van der Waals surface area contributed by atoms with Crippen molar-refractivity contribution in [3.63, 3.8) is 0 Å². The number of hydrogen-bond acceptors (Lipinski definition) is 3. The van der Waals surface area contributed by atoms with Crippen LogP contribution in [0.1, 0.15) is 20.3 Å². The van der Waals surface area contributed by atoms with E-state index in [1.807, 2.05) is 6.92 Å². The van der Waals surface area contributed by atoms with Gasteiger partial charge < -0.3 is 15.2 Å². The zero-order valence-electron chi connectivity index (χ0n) is 12.8. The first-order chi connectivity index (χ1) is 9.90. The number of nitrogens with one attached hydrogen (secondary N) is 1. The zero-order chi connectivity index (χ0) is 16.0. The third kappa shape index (κ3) is 4.37. The highest BCUT2D eigenvalue weighted by Gasteiger charge is 2.26. The van der Waals surface area contributed by atoms with E-state index in [4.69, 9.17) is 4.74 Å². The summed E-state index contributed by atoms with van der Waals surface area (Å²) in [4.78, 5) is 24.8. The number of nitrogens with zero attached hydrogens (tertiary/aromatic N) is 1. The number of carbonyl (C=O) groups is 2. The van der Waals surface area contributed by atoms with E-state index in [-0.39, 0.29) is 5.92 Å². The highest BCUT2D eigenvalue weighted by atomic mass is 16.5. The van der Waals surface area contributed by atoms with Gasteiger partial charge in [0.25, 0.3) is 0 Å². The fourth-order valence-corrected chi connectivity index (χ4v) is 1.85. The van der Waals surface area contributed by atoms with E-state index in [0.29, 0.717) is 17.9 Å². The Hall–Kier alpha value is -2.24. The number of carboxylic acids is 1. The quantitative estimate of drug-likeness (QED) is 0.844. The first-order valence-corrected chi connectivity index (χ1v) is 6.81. The van der Waals surface area contributed by atoms with Crippen molar-refractivity contribution in [1.29, 1.82) is 0 Å². The summed E-state index contributed by atoms with van der Waals surface area (Å²) in [5, 5.41) is 11.8. The minimum atomic E-state index is -1.03. The van der Waals surface area contributed by atoms with Crippen LogP contribution in [0.3, 0.4) is 0 Å². The summed E-state index contributed by atoms with van der Waals surface area (Å²) in [5.74, 6) is -0.550. The molecule has 2 N–H and O–H groups in total. The molecule has 0 saturated heterocycles. The Labute approximate surface area is 124 Å². The van der Waals surface area contributed by atoms with E-state index < -0.39 is 18.0 Å². The van der Waals surface area contributed by atoms with Crippen molar-refractivity contribution in [2.24, 2.45) is 5.92 Å². The van der Waals surface area contributed by atoms with Gasteiger partial charge in [0.15, 0.2) is 0 Å². The number of aliphatic carboxylic acids is 1. The zero-order valence-corrected chi connectivity index (χ0v) is 12.8. The number of methoxy groups -OCH3 is 1. The van der Waals surface area contributed by atoms with Crippen molar-refractivity contribution < 1.29 is 19.4 Å². The van der Waals surface area contributed by atoms with Crippen molar-refractivity contribution in [3.05, 3.63) is 24.3 Å². The third-order valence-electron chi connectivity index (χ3n) is 3.50. The predicted molar refractivity (Wildman–Crippen MR) is 80.8 cm³/mol. The summed E-state index contributed by atoms with van der Waals surface area (Å²) >= 11 is 0. The van der Waals surface area contributed by atoms with Crippen LogP contribution in [0.25, 0.3) is 0 Å². The summed E-state index contributed by atoms with van der Waals surface area (Å²) in [5.41, 5.74) is 0.625. The van der Waals surface area contributed by atoms with Crippen LogP contribution in [0, 0.1) is 5.92 Å². The van der Waals surface area contributed by atoms with Gasteiger partial charge in [-0.05, 0) is 18.1 Å². The molecule has 2 unspecified atom stereocenters. The summed E-state index contributed by atoms with van der Waals surface area (Å²) in [6.07, 6.45) is 0.667. The van der Waals surface area contributed by atoms with Gasteiger partial charge in [-0.25, -0.2) is 9.59 Å². The number of urea groups is 1. The Bertz CT molecular complexity index is 504. The number of amides is 2. The minimum absolute atomic E-state index is 0.148. The standard InChI is InChI=1S/C15H22N2O4/c1-5-10(2)13(14(18)19)16-15(20)17(3)11-7-6-8-12(9-11)21-4/h6-10,13H,5H2,1-4H3,(H,16,20)(H,18,19). The highest BCUT2D eigenvalue weighted by molar-refractivity contribution is 5.94. The van der Waals surface area contributed by atoms with E-state index >= 15 is 0 Å². The van der Waals surface area contributed by atoms with Crippen LogP contribution < -0.4 is 15.0 Å². The maximum atomic E-state index is 12.2. The van der Waals surface area contributed by atoms with Crippen molar-refractivity contribution >= 4 is 17.7 Å². The lowest BCUT2D eigenvalue weighted by Crippen LogP contribution is -2.49. The number of carbonyl (C=O) groups excluding carboxylic acids is 1. The van der Waals surface area contributed by atoms with Crippen LogP contribution in [0.15, 0.2) is 24.3 Å². The molecule has 0 aromatic heterocycles. The second-order valence-corrected chi connectivity index (χ2v) is 4.91. The molecule has 2 atom stereocenters. The van der Waals surface area contributed by atoms with Gasteiger partial charge in [-0.2, -0.15) is 0 Å². The molecule has 0 bridgehead atoms. The van der Waals surface area contributed by atoms with Crippen LogP contribution in [0.5, 0.6) is 5.75 Å². The normalized spacial score (nSPS) is 13.1. The molecule has 1 aromatic rings. The van der Waals surface area contributed by atoms with E-state index in [1.54, 1.807) is 45.3 Å². The maximum absolute atomic E-state index is 12.2. The number of hydrogen-bond donors (Lipinski definition) is 2. The lowest BCUT2D eigenvalue weighted by Gasteiger charge is -2.24. The molecule has 116 valence electrons. The van der Waals surface area contributed by atoms with E-state index in [2.05, 4.69) is 5.32 Å². The summed E-state index contributed by atoms with van der Waals surface area (Å²) in [6.45, 7) is 3.68. The molecule has 0 heterocycles. The molecular formula is C15H22N2O4. The molecule has 1 aromatic carbocycles. The summed E-state index contributed by atoms with van der Waals surface area (Å²) < 4.78 is 5.11. The number of anilines is 1. The van der Waals surface area contributed by atoms with Gasteiger partial charge in [-0.1, -0.05) is 26.3 Å². The van der Waals surface area contributed by atoms with Crippen LogP contribution in [-0.2, 0) is 4.79 Å². The second kappa shape index (κ2) is 7.52. The lowest BCUT2D eigenvalue weighted by molar-refractivity contribution is -0.140.